The number of benzene rings is 1. The van der Waals surface area contributed by atoms with Crippen molar-refractivity contribution in [2.75, 3.05) is 20.7 Å². The maximum absolute atomic E-state index is 13.1. The number of hydrogen-bond donors (Lipinski definition) is 0. The van der Waals surface area contributed by atoms with Crippen LogP contribution in [0.25, 0.3) is 10.9 Å². The molecule has 1 aromatic heterocycles. The van der Waals surface area contributed by atoms with Crippen LogP contribution >= 0.6 is 0 Å². The van der Waals surface area contributed by atoms with Gasteiger partial charge in [-0.15, -0.1) is 0 Å². The Kier molecular flexibility index (Phi) is 5.59. The summed E-state index contributed by atoms with van der Waals surface area (Å²) in [6, 6.07) is 7.64. The molecule has 0 unspecified atom stereocenters. The summed E-state index contributed by atoms with van der Waals surface area (Å²) < 4.78 is 13.9. The van der Waals surface area contributed by atoms with Gasteiger partial charge in [0.05, 0.1) is 12.0 Å². The maximum atomic E-state index is 13.1. The van der Waals surface area contributed by atoms with Gasteiger partial charge >= 0.3 is 5.97 Å². The van der Waals surface area contributed by atoms with Crippen molar-refractivity contribution in [3.8, 4) is 0 Å². The molecule has 5 rings (SSSR count). The molecule has 168 valence electrons. The van der Waals surface area contributed by atoms with Crippen LogP contribution in [0, 0.1) is 5.92 Å². The number of nitrogens with zero attached hydrogens (tertiary/aromatic N) is 2. The minimum absolute atomic E-state index is 0.00360. The van der Waals surface area contributed by atoms with Gasteiger partial charge in [-0.05, 0) is 76.6 Å². The Hall–Kier alpha value is -1.85. The van der Waals surface area contributed by atoms with Crippen molar-refractivity contribution in [3.05, 3.63) is 35.5 Å². The van der Waals surface area contributed by atoms with E-state index in [2.05, 4.69) is 54.8 Å². The van der Waals surface area contributed by atoms with Crippen molar-refractivity contribution in [1.82, 2.24) is 9.47 Å². The van der Waals surface area contributed by atoms with Gasteiger partial charge in [0.25, 0.3) is 0 Å². The predicted molar refractivity (Wildman–Crippen MR) is 122 cm³/mol. The van der Waals surface area contributed by atoms with Gasteiger partial charge in [0.1, 0.15) is 6.10 Å². The molecule has 3 atom stereocenters. The van der Waals surface area contributed by atoms with E-state index in [0.29, 0.717) is 24.1 Å². The molecule has 0 bridgehead atoms. The van der Waals surface area contributed by atoms with E-state index < -0.39 is 0 Å². The lowest BCUT2D eigenvalue weighted by atomic mass is 9.72. The molecule has 2 aliphatic carbocycles. The molecule has 0 amide bonds. The molecule has 1 saturated heterocycles. The van der Waals surface area contributed by atoms with Crippen LogP contribution in [0.2, 0.25) is 0 Å². The number of hydrogen-bond acceptors (Lipinski definition) is 4. The number of likely N-dealkylation sites (tertiary alicyclic amines) is 1. The Morgan fingerprint density at radius 2 is 1.87 bits per heavy atom. The highest BCUT2D eigenvalue weighted by Gasteiger charge is 2.42. The molecule has 2 fully saturated rings. The van der Waals surface area contributed by atoms with Crippen LogP contribution in [0.5, 0.6) is 0 Å². The largest absolute Gasteiger partial charge is 0.462 e. The monoisotopic (exact) mass is 424 g/mol. The fourth-order valence-corrected chi connectivity index (χ4v) is 6.32. The number of esters is 1. The van der Waals surface area contributed by atoms with Crippen LogP contribution < -0.4 is 0 Å². The Balaban J connectivity index is 1.36. The van der Waals surface area contributed by atoms with Crippen LogP contribution in [0.15, 0.2) is 24.4 Å². The predicted octanol–water partition coefficient (Wildman–Crippen LogP) is 4.68. The summed E-state index contributed by atoms with van der Waals surface area (Å²) in [6.07, 6.45) is 8.52. The Morgan fingerprint density at radius 1 is 1.13 bits per heavy atom. The number of rotatable bonds is 4. The van der Waals surface area contributed by atoms with Gasteiger partial charge in [0.2, 0.25) is 0 Å². The molecule has 1 aliphatic heterocycles. The topological polar surface area (TPSA) is 43.7 Å². The number of fused-ring (bicyclic) bond motifs is 2. The summed E-state index contributed by atoms with van der Waals surface area (Å²) in [4.78, 5) is 15.5. The zero-order valence-corrected chi connectivity index (χ0v) is 19.3. The average Bonchev–Trinajstić information content (AvgIpc) is 3.15. The first-order chi connectivity index (χ1) is 15.0. The van der Waals surface area contributed by atoms with Crippen molar-refractivity contribution in [2.24, 2.45) is 5.92 Å². The third kappa shape index (κ3) is 3.70. The second-order valence-corrected chi connectivity index (χ2v) is 10.2. The zero-order valence-electron chi connectivity index (χ0n) is 19.3. The number of likely N-dealkylation sites (N-methyl/N-ethyl adjacent to an activating group) is 1. The lowest BCUT2D eigenvalue weighted by Gasteiger charge is -2.45. The van der Waals surface area contributed by atoms with E-state index >= 15 is 0 Å². The highest BCUT2D eigenvalue weighted by atomic mass is 16.5. The van der Waals surface area contributed by atoms with Gasteiger partial charge in [0, 0.05) is 48.8 Å². The maximum Gasteiger partial charge on any atom is 0.310 e. The van der Waals surface area contributed by atoms with Crippen LogP contribution in [0.3, 0.4) is 0 Å². The molecular weight excluding hydrogens is 388 g/mol. The lowest BCUT2D eigenvalue weighted by Crippen LogP contribution is -2.50. The van der Waals surface area contributed by atoms with Gasteiger partial charge in [-0.2, -0.15) is 0 Å². The van der Waals surface area contributed by atoms with Crippen molar-refractivity contribution in [3.63, 3.8) is 0 Å². The van der Waals surface area contributed by atoms with Crippen LogP contribution in [-0.4, -0.2) is 54.4 Å². The van der Waals surface area contributed by atoms with Gasteiger partial charge in [-0.3, -0.25) is 4.79 Å². The van der Waals surface area contributed by atoms with E-state index in [1.807, 2.05) is 0 Å². The molecule has 1 aromatic carbocycles. The number of ether oxygens (including phenoxy) is 2. The zero-order chi connectivity index (χ0) is 21.7. The van der Waals surface area contributed by atoms with Gasteiger partial charge in [0.15, 0.2) is 0 Å². The van der Waals surface area contributed by atoms with Gasteiger partial charge in [-0.1, -0.05) is 12.1 Å². The number of methoxy groups -OCH3 is 1. The Labute approximate surface area is 185 Å². The molecule has 5 heteroatoms. The van der Waals surface area contributed by atoms with E-state index in [0.717, 1.165) is 45.1 Å². The van der Waals surface area contributed by atoms with E-state index in [1.54, 1.807) is 7.11 Å². The van der Waals surface area contributed by atoms with Crippen LogP contribution in [-0.2, 0) is 20.7 Å². The molecular formula is C26H36N2O3. The fourth-order valence-electron chi connectivity index (χ4n) is 6.32. The first kappa shape index (κ1) is 21.0. The highest BCUT2D eigenvalue weighted by Crippen LogP contribution is 2.45. The molecule has 0 N–H and O–H groups in total. The quantitative estimate of drug-likeness (QED) is 0.669. The van der Waals surface area contributed by atoms with Gasteiger partial charge in [-0.25, -0.2) is 0 Å². The third-order valence-electron chi connectivity index (χ3n) is 8.00. The van der Waals surface area contributed by atoms with Crippen molar-refractivity contribution < 1.29 is 14.3 Å². The first-order valence-corrected chi connectivity index (χ1v) is 12.0. The number of piperidine rings is 1. The highest BCUT2D eigenvalue weighted by molar-refractivity contribution is 5.89. The molecule has 0 spiro atoms. The third-order valence-corrected chi connectivity index (χ3v) is 8.00. The minimum atomic E-state index is -0.0459. The van der Waals surface area contributed by atoms with Crippen molar-refractivity contribution in [2.45, 2.75) is 82.6 Å². The van der Waals surface area contributed by atoms with Gasteiger partial charge < -0.3 is 18.9 Å². The standard InChI is InChI=1S/C26H36N2O3/c1-16(2)28-15-17-13-24-22(21-6-5-7-23(28)25(17)21)12-18(14-27(24)3)26(29)31-20-10-8-19(30-4)9-11-20/h5-7,15-16,18-20,22,24H,8-14H2,1-4H3/t18-,19-,20-,22-,24-/m1/s1. The molecule has 0 radical (unpaired) electrons. The molecule has 2 heterocycles. The average molecular weight is 425 g/mol. The van der Waals surface area contributed by atoms with E-state index in [4.69, 9.17) is 9.47 Å². The second kappa shape index (κ2) is 8.25. The fraction of sp³-hybridized carbons (Fsp3) is 0.654. The SMILES string of the molecule is CO[C@H]1CC[C@H](OC(=O)[C@@H]2C[C@@H]3c4cccc5c4c(cn5C(C)C)C[C@H]3N(C)C2)CC1. The smallest absolute Gasteiger partial charge is 0.310 e. The summed E-state index contributed by atoms with van der Waals surface area (Å²) in [5.74, 6) is 0.346. The second-order valence-electron chi connectivity index (χ2n) is 10.2. The summed E-state index contributed by atoms with van der Waals surface area (Å²) in [7, 11) is 3.96. The number of aromatic nitrogens is 1. The Morgan fingerprint density at radius 3 is 2.58 bits per heavy atom. The van der Waals surface area contributed by atoms with E-state index in [9.17, 15) is 4.79 Å². The van der Waals surface area contributed by atoms with E-state index in [1.165, 1.54) is 22.0 Å². The Bertz CT molecular complexity index is 957. The first-order valence-electron chi connectivity index (χ1n) is 12.0. The molecule has 5 nitrogen and oxygen atoms in total. The normalized spacial score (nSPS) is 31.1. The molecule has 3 aliphatic rings. The lowest BCUT2D eigenvalue weighted by molar-refractivity contribution is -0.159. The van der Waals surface area contributed by atoms with Crippen LogP contribution in [0.4, 0.5) is 0 Å². The molecule has 31 heavy (non-hydrogen) atoms. The summed E-state index contributed by atoms with van der Waals surface area (Å²) in [5.41, 5.74) is 4.22. The van der Waals surface area contributed by atoms with Crippen molar-refractivity contribution in [1.29, 1.82) is 0 Å². The van der Waals surface area contributed by atoms with Crippen molar-refractivity contribution >= 4 is 16.9 Å². The summed E-state index contributed by atoms with van der Waals surface area (Å²) >= 11 is 0. The summed E-state index contributed by atoms with van der Waals surface area (Å²) in [6.45, 7) is 5.29. The van der Waals surface area contributed by atoms with E-state index in [-0.39, 0.29) is 18.0 Å². The minimum Gasteiger partial charge on any atom is -0.462 e. The summed E-state index contributed by atoms with van der Waals surface area (Å²) in [5, 5.41) is 1.43. The number of carbonyl (C=O) groups is 1. The van der Waals surface area contributed by atoms with Crippen LogP contribution in [0.1, 0.15) is 69.0 Å². The number of carbonyl (C=O) groups excluding carboxylic acids is 1. The molecule has 2 aromatic rings. The molecule has 1 saturated carbocycles.